The van der Waals surface area contributed by atoms with Gasteiger partial charge in [0.05, 0.1) is 0 Å². The molecular weight excluding hydrogens is 204 g/mol. The van der Waals surface area contributed by atoms with Crippen LogP contribution in [0.15, 0.2) is 0 Å². The largest absolute Gasteiger partial charge is 0.444 e. The second-order valence-corrected chi connectivity index (χ2v) is 6.04. The van der Waals surface area contributed by atoms with Crippen LogP contribution in [0.1, 0.15) is 27.2 Å². The monoisotopic (exact) mass is 226 g/mol. The summed E-state index contributed by atoms with van der Waals surface area (Å²) in [7, 11) is 0. The number of rotatable bonds is 1. The molecule has 16 heavy (non-hydrogen) atoms. The number of carbonyl (C=O) groups excluding carboxylic acids is 1. The minimum absolute atomic E-state index is 0.169. The lowest BCUT2D eigenvalue weighted by Crippen LogP contribution is -2.59. The normalized spacial score (nSPS) is 33.2. The number of piperidine rings is 2. The molecule has 2 heterocycles. The van der Waals surface area contributed by atoms with Crippen LogP contribution in [-0.2, 0) is 4.74 Å². The molecule has 0 aromatic rings. The Bertz CT molecular complexity index is 273. The molecule has 0 unspecified atom stereocenters. The molecule has 0 radical (unpaired) electrons. The van der Waals surface area contributed by atoms with Gasteiger partial charge in [0.15, 0.2) is 0 Å². The Labute approximate surface area is 97.1 Å². The molecule has 2 bridgehead atoms. The van der Waals surface area contributed by atoms with Gasteiger partial charge in [-0.05, 0) is 51.5 Å². The Balaban J connectivity index is 1.88. The molecule has 0 aromatic carbocycles. The van der Waals surface area contributed by atoms with Crippen LogP contribution in [0.25, 0.3) is 0 Å². The molecule has 4 heteroatoms. The van der Waals surface area contributed by atoms with E-state index in [-0.39, 0.29) is 6.09 Å². The second-order valence-electron chi connectivity index (χ2n) is 6.04. The van der Waals surface area contributed by atoms with E-state index in [2.05, 4.69) is 0 Å². The Kier molecular flexibility index (Phi) is 2.86. The fraction of sp³-hybridized carbons (Fsp3) is 0.917. The number of hydrogen-bond acceptors (Lipinski definition) is 3. The number of carbonyl (C=O) groups is 1. The quantitative estimate of drug-likeness (QED) is 0.736. The summed E-state index contributed by atoms with van der Waals surface area (Å²) in [6.45, 7) is 8.12. The summed E-state index contributed by atoms with van der Waals surface area (Å²) in [5, 5.41) is 0. The highest BCUT2D eigenvalue weighted by molar-refractivity contribution is 5.68. The number of fused-ring (bicyclic) bond motifs is 2. The van der Waals surface area contributed by atoms with Crippen LogP contribution in [0, 0.1) is 17.8 Å². The molecule has 4 nitrogen and oxygen atoms in total. The number of hydrogen-bond donors (Lipinski definition) is 1. The zero-order chi connectivity index (χ0) is 11.9. The lowest BCUT2D eigenvalue weighted by molar-refractivity contribution is -0.0506. The van der Waals surface area contributed by atoms with Gasteiger partial charge in [0.2, 0.25) is 0 Å². The van der Waals surface area contributed by atoms with Crippen LogP contribution in [-0.4, -0.2) is 36.2 Å². The molecule has 0 spiro atoms. The molecule has 3 rings (SSSR count). The molecule has 1 saturated carbocycles. The van der Waals surface area contributed by atoms with Crippen LogP contribution in [0.4, 0.5) is 4.79 Å². The third-order valence-corrected chi connectivity index (χ3v) is 3.65. The Morgan fingerprint density at radius 3 is 2.38 bits per heavy atom. The first-order chi connectivity index (χ1) is 7.40. The van der Waals surface area contributed by atoms with Crippen LogP contribution in [0.2, 0.25) is 0 Å². The highest BCUT2D eigenvalue weighted by Gasteiger charge is 2.47. The van der Waals surface area contributed by atoms with Gasteiger partial charge in [-0.2, -0.15) is 0 Å². The van der Waals surface area contributed by atoms with Crippen molar-refractivity contribution in [3.63, 3.8) is 0 Å². The van der Waals surface area contributed by atoms with Crippen molar-refractivity contribution < 1.29 is 9.53 Å². The van der Waals surface area contributed by atoms with Gasteiger partial charge in [-0.25, -0.2) is 4.79 Å². The van der Waals surface area contributed by atoms with E-state index in [1.54, 1.807) is 0 Å². The topological polar surface area (TPSA) is 55.6 Å². The third-order valence-electron chi connectivity index (χ3n) is 3.65. The van der Waals surface area contributed by atoms with Crippen LogP contribution in [0.3, 0.4) is 0 Å². The first kappa shape index (κ1) is 11.7. The van der Waals surface area contributed by atoms with Gasteiger partial charge in [-0.15, -0.1) is 0 Å². The average molecular weight is 226 g/mol. The predicted octanol–water partition coefficient (Wildman–Crippen LogP) is 1.45. The minimum atomic E-state index is -0.397. The van der Waals surface area contributed by atoms with Crippen LogP contribution in [0.5, 0.6) is 0 Å². The molecule has 3 fully saturated rings. The Hall–Kier alpha value is -0.770. The van der Waals surface area contributed by atoms with E-state index in [9.17, 15) is 4.79 Å². The van der Waals surface area contributed by atoms with E-state index in [4.69, 9.17) is 10.5 Å². The zero-order valence-corrected chi connectivity index (χ0v) is 10.4. The van der Waals surface area contributed by atoms with Crippen molar-refractivity contribution in [3.8, 4) is 0 Å². The Morgan fingerprint density at radius 1 is 1.38 bits per heavy atom. The Morgan fingerprint density at radius 2 is 1.94 bits per heavy atom. The molecule has 0 aromatic heterocycles. The minimum Gasteiger partial charge on any atom is -0.444 e. The molecule has 2 N–H and O–H groups in total. The maximum Gasteiger partial charge on any atom is 0.410 e. The van der Waals surface area contributed by atoms with Gasteiger partial charge in [-0.3, -0.25) is 0 Å². The van der Waals surface area contributed by atoms with Gasteiger partial charge in [0, 0.05) is 13.1 Å². The van der Waals surface area contributed by atoms with Crippen molar-refractivity contribution in [2.45, 2.75) is 32.8 Å². The molecule has 2 atom stereocenters. The van der Waals surface area contributed by atoms with Gasteiger partial charge < -0.3 is 15.4 Å². The summed E-state index contributed by atoms with van der Waals surface area (Å²) in [4.78, 5) is 13.7. The maximum atomic E-state index is 11.8. The summed E-state index contributed by atoms with van der Waals surface area (Å²) in [6, 6.07) is 0. The first-order valence-corrected chi connectivity index (χ1v) is 6.08. The van der Waals surface area contributed by atoms with Crippen LogP contribution < -0.4 is 5.73 Å². The SMILES string of the molecule is CC(C)(C)OC(=O)N1C[C@H]2C[C@H](C1)C2CN. The zero-order valence-electron chi connectivity index (χ0n) is 10.4. The summed E-state index contributed by atoms with van der Waals surface area (Å²) >= 11 is 0. The molecule has 2 saturated heterocycles. The summed E-state index contributed by atoms with van der Waals surface area (Å²) in [6.07, 6.45) is 1.07. The lowest BCUT2D eigenvalue weighted by Gasteiger charge is -2.53. The fourth-order valence-electron chi connectivity index (χ4n) is 2.85. The van der Waals surface area contributed by atoms with Gasteiger partial charge >= 0.3 is 6.09 Å². The van der Waals surface area contributed by atoms with Gasteiger partial charge in [-0.1, -0.05) is 0 Å². The van der Waals surface area contributed by atoms with Gasteiger partial charge in [0.1, 0.15) is 5.60 Å². The lowest BCUT2D eigenvalue weighted by atomic mass is 9.62. The van der Waals surface area contributed by atoms with E-state index in [1.807, 2.05) is 25.7 Å². The molecule has 2 aliphatic heterocycles. The van der Waals surface area contributed by atoms with Crippen molar-refractivity contribution in [2.75, 3.05) is 19.6 Å². The average Bonchev–Trinajstić information content (AvgIpc) is 2.16. The first-order valence-electron chi connectivity index (χ1n) is 6.08. The highest BCUT2D eigenvalue weighted by Crippen LogP contribution is 2.44. The van der Waals surface area contributed by atoms with Crippen molar-refractivity contribution in [2.24, 2.45) is 23.5 Å². The van der Waals surface area contributed by atoms with E-state index in [1.165, 1.54) is 6.42 Å². The summed E-state index contributed by atoms with van der Waals surface area (Å²) in [5.41, 5.74) is 5.32. The van der Waals surface area contributed by atoms with E-state index in [0.717, 1.165) is 19.6 Å². The van der Waals surface area contributed by atoms with Crippen LogP contribution >= 0.6 is 0 Å². The van der Waals surface area contributed by atoms with E-state index < -0.39 is 5.60 Å². The maximum absolute atomic E-state index is 11.8. The molecule has 1 aliphatic carbocycles. The van der Waals surface area contributed by atoms with Crippen molar-refractivity contribution in [1.29, 1.82) is 0 Å². The smallest absolute Gasteiger partial charge is 0.410 e. The fourth-order valence-corrected chi connectivity index (χ4v) is 2.85. The standard InChI is InChI=1S/C12H22N2O2/c1-12(2,3)16-11(15)14-6-8-4-9(7-14)10(8)5-13/h8-10H,4-7,13H2,1-3H3/t8-,9-/m1/s1. The van der Waals surface area contributed by atoms with E-state index >= 15 is 0 Å². The van der Waals surface area contributed by atoms with Gasteiger partial charge in [0.25, 0.3) is 0 Å². The second kappa shape index (κ2) is 3.91. The summed E-state index contributed by atoms with van der Waals surface area (Å²) in [5.74, 6) is 1.85. The third kappa shape index (κ3) is 2.17. The number of amides is 1. The predicted molar refractivity (Wildman–Crippen MR) is 61.9 cm³/mol. The molecule has 3 aliphatic rings. The van der Waals surface area contributed by atoms with Crippen molar-refractivity contribution >= 4 is 6.09 Å². The molecule has 1 amide bonds. The molecular formula is C12H22N2O2. The molecule has 92 valence electrons. The summed E-state index contributed by atoms with van der Waals surface area (Å²) < 4.78 is 5.37. The van der Waals surface area contributed by atoms with E-state index in [0.29, 0.717) is 17.8 Å². The van der Waals surface area contributed by atoms with Crippen molar-refractivity contribution in [3.05, 3.63) is 0 Å². The number of ether oxygens (including phenoxy) is 1. The number of nitrogens with zero attached hydrogens (tertiary/aromatic N) is 1. The highest BCUT2D eigenvalue weighted by atomic mass is 16.6. The number of nitrogens with two attached hydrogens (primary N) is 1. The van der Waals surface area contributed by atoms with Crippen molar-refractivity contribution in [1.82, 2.24) is 4.90 Å².